The summed E-state index contributed by atoms with van der Waals surface area (Å²) in [5.74, 6) is -0.139. The first-order valence-electron chi connectivity index (χ1n) is 7.46. The van der Waals surface area contributed by atoms with Gasteiger partial charge in [0.1, 0.15) is 36.4 Å². The molecule has 0 fully saturated rings. The molecule has 0 saturated heterocycles. The number of carboxylic acid groups (broad SMARTS) is 1. The van der Waals surface area contributed by atoms with E-state index >= 15 is 0 Å². The lowest BCUT2D eigenvalue weighted by Crippen LogP contribution is -2.09. The Hall–Kier alpha value is -2.97. The van der Waals surface area contributed by atoms with Crippen LogP contribution in [0.2, 0.25) is 5.02 Å². The lowest BCUT2D eigenvalue weighted by molar-refractivity contribution is -0.132. The predicted octanol–water partition coefficient (Wildman–Crippen LogP) is 4.10. The number of halogens is 1. The average Bonchev–Trinajstić information content (AvgIpc) is 2.57. The minimum Gasteiger partial charge on any atom is -0.490 e. The van der Waals surface area contributed by atoms with Crippen LogP contribution in [0, 0.1) is 18.3 Å². The molecule has 0 spiro atoms. The van der Waals surface area contributed by atoms with Gasteiger partial charge in [-0.3, -0.25) is 0 Å². The molecule has 0 amide bonds. The van der Waals surface area contributed by atoms with Gasteiger partial charge in [0, 0.05) is 10.6 Å². The average molecular weight is 358 g/mol. The Bertz CT molecular complexity index is 840. The van der Waals surface area contributed by atoms with Gasteiger partial charge in [-0.25, -0.2) is 4.79 Å². The largest absolute Gasteiger partial charge is 0.490 e. The van der Waals surface area contributed by atoms with E-state index in [4.69, 9.17) is 31.4 Å². The third kappa shape index (κ3) is 5.55. The fourth-order valence-electron chi connectivity index (χ4n) is 2.08. The molecule has 5 nitrogen and oxygen atoms in total. The lowest BCUT2D eigenvalue weighted by atomic mass is 10.1. The molecule has 0 aromatic heterocycles. The van der Waals surface area contributed by atoms with E-state index in [0.29, 0.717) is 22.9 Å². The molecule has 25 heavy (non-hydrogen) atoms. The van der Waals surface area contributed by atoms with E-state index in [1.165, 1.54) is 6.08 Å². The second-order valence-electron chi connectivity index (χ2n) is 5.17. The number of nitrogens with zero attached hydrogens (tertiary/aromatic N) is 1. The smallest absolute Gasteiger partial charge is 0.346 e. The number of carboxylic acids is 1. The Balaban J connectivity index is 2.04. The highest BCUT2D eigenvalue weighted by Gasteiger charge is 2.10. The maximum Gasteiger partial charge on any atom is 0.346 e. The van der Waals surface area contributed by atoms with Crippen molar-refractivity contribution in [3.63, 3.8) is 0 Å². The van der Waals surface area contributed by atoms with Gasteiger partial charge >= 0.3 is 5.97 Å². The highest BCUT2D eigenvalue weighted by Crippen LogP contribution is 2.25. The van der Waals surface area contributed by atoms with E-state index in [9.17, 15) is 4.79 Å². The standard InChI is InChI=1S/C19H16ClNO4/c1-13-3-2-4-17(9-13)24-7-8-25-18-6-5-16(20)11-14(18)10-15(12-21)19(22)23/h2-6,9-11H,7-8H2,1H3,(H,22,23). The van der Waals surface area contributed by atoms with Crippen molar-refractivity contribution in [2.24, 2.45) is 0 Å². The Morgan fingerprint density at radius 1 is 1.24 bits per heavy atom. The summed E-state index contributed by atoms with van der Waals surface area (Å²) in [7, 11) is 0. The first-order chi connectivity index (χ1) is 12.0. The van der Waals surface area contributed by atoms with Gasteiger partial charge in [0.2, 0.25) is 0 Å². The van der Waals surface area contributed by atoms with Crippen LogP contribution >= 0.6 is 11.6 Å². The summed E-state index contributed by atoms with van der Waals surface area (Å²) in [5, 5.41) is 18.3. The number of rotatable bonds is 7. The molecule has 0 atom stereocenters. The van der Waals surface area contributed by atoms with E-state index in [1.807, 2.05) is 31.2 Å². The Morgan fingerprint density at radius 2 is 2.00 bits per heavy atom. The molecule has 0 unspecified atom stereocenters. The van der Waals surface area contributed by atoms with E-state index < -0.39 is 11.5 Å². The van der Waals surface area contributed by atoms with E-state index in [-0.39, 0.29) is 6.61 Å². The van der Waals surface area contributed by atoms with Crippen molar-refractivity contribution in [3.8, 4) is 17.6 Å². The SMILES string of the molecule is Cc1cccc(OCCOc2ccc(Cl)cc2C=C(C#N)C(=O)O)c1. The van der Waals surface area contributed by atoms with Crippen molar-refractivity contribution in [2.45, 2.75) is 6.92 Å². The van der Waals surface area contributed by atoms with E-state index in [1.54, 1.807) is 24.3 Å². The van der Waals surface area contributed by atoms with Crippen molar-refractivity contribution in [1.82, 2.24) is 0 Å². The normalized spacial score (nSPS) is 10.8. The van der Waals surface area contributed by atoms with Crippen LogP contribution in [0.15, 0.2) is 48.0 Å². The number of benzene rings is 2. The molecule has 2 aromatic carbocycles. The molecule has 128 valence electrons. The number of carbonyl (C=O) groups is 1. The maximum absolute atomic E-state index is 11.0. The van der Waals surface area contributed by atoms with Crippen molar-refractivity contribution in [2.75, 3.05) is 13.2 Å². The minimum absolute atomic E-state index is 0.255. The van der Waals surface area contributed by atoms with Gasteiger partial charge < -0.3 is 14.6 Å². The summed E-state index contributed by atoms with van der Waals surface area (Å²) < 4.78 is 11.2. The zero-order valence-corrected chi connectivity index (χ0v) is 14.3. The number of aliphatic carboxylic acids is 1. The highest BCUT2D eigenvalue weighted by atomic mass is 35.5. The molecule has 0 aliphatic rings. The van der Waals surface area contributed by atoms with Gasteiger partial charge in [-0.05, 0) is 48.9 Å². The second kappa shape index (κ2) is 8.76. The van der Waals surface area contributed by atoms with Gasteiger partial charge in [0.15, 0.2) is 0 Å². The first-order valence-corrected chi connectivity index (χ1v) is 7.84. The molecule has 2 rings (SSSR count). The summed E-state index contributed by atoms with van der Waals surface area (Å²) in [6.45, 7) is 2.55. The summed E-state index contributed by atoms with van der Waals surface area (Å²) >= 11 is 5.94. The molecule has 0 saturated carbocycles. The Kier molecular flexibility index (Phi) is 6.44. The van der Waals surface area contributed by atoms with Crippen LogP contribution in [0.5, 0.6) is 11.5 Å². The van der Waals surface area contributed by atoms with Crippen LogP contribution in [0.3, 0.4) is 0 Å². The molecule has 0 aliphatic carbocycles. The van der Waals surface area contributed by atoms with E-state index in [2.05, 4.69) is 0 Å². The molecular formula is C19H16ClNO4. The van der Waals surface area contributed by atoms with Crippen LogP contribution < -0.4 is 9.47 Å². The molecule has 0 bridgehead atoms. The molecule has 1 N–H and O–H groups in total. The summed E-state index contributed by atoms with van der Waals surface area (Å²) in [4.78, 5) is 11.0. The molecule has 2 aromatic rings. The van der Waals surface area contributed by atoms with E-state index in [0.717, 1.165) is 11.3 Å². The zero-order valence-electron chi connectivity index (χ0n) is 13.5. The lowest BCUT2D eigenvalue weighted by Gasteiger charge is -2.11. The number of hydrogen-bond acceptors (Lipinski definition) is 4. The molecule has 0 aliphatic heterocycles. The number of aryl methyl sites for hydroxylation is 1. The van der Waals surface area contributed by atoms with Crippen molar-refractivity contribution in [1.29, 1.82) is 5.26 Å². The van der Waals surface area contributed by atoms with Crippen LogP contribution in [0.25, 0.3) is 6.08 Å². The van der Waals surface area contributed by atoms with Crippen molar-refractivity contribution in [3.05, 3.63) is 64.2 Å². The summed E-state index contributed by atoms with van der Waals surface area (Å²) in [6.07, 6.45) is 1.23. The quantitative estimate of drug-likeness (QED) is 0.458. The Morgan fingerprint density at radius 3 is 2.68 bits per heavy atom. The third-order valence-corrected chi connectivity index (χ3v) is 3.46. The number of ether oxygens (including phenoxy) is 2. The van der Waals surface area contributed by atoms with Gasteiger partial charge in [0.05, 0.1) is 0 Å². The molecular weight excluding hydrogens is 342 g/mol. The highest BCUT2D eigenvalue weighted by molar-refractivity contribution is 6.30. The molecule has 0 heterocycles. The van der Waals surface area contributed by atoms with Crippen molar-refractivity contribution >= 4 is 23.6 Å². The van der Waals surface area contributed by atoms with Gasteiger partial charge in [0.25, 0.3) is 0 Å². The molecule has 0 radical (unpaired) electrons. The van der Waals surface area contributed by atoms with Gasteiger partial charge in [-0.1, -0.05) is 23.7 Å². The topological polar surface area (TPSA) is 79.5 Å². The summed E-state index contributed by atoms with van der Waals surface area (Å²) in [6, 6.07) is 14.1. The van der Waals surface area contributed by atoms with Gasteiger partial charge in [-0.15, -0.1) is 0 Å². The fraction of sp³-hybridized carbons (Fsp3) is 0.158. The van der Waals surface area contributed by atoms with Crippen LogP contribution in [0.4, 0.5) is 0 Å². The minimum atomic E-state index is -1.31. The van der Waals surface area contributed by atoms with Crippen LogP contribution in [-0.4, -0.2) is 24.3 Å². The molecule has 6 heteroatoms. The van der Waals surface area contributed by atoms with Crippen LogP contribution in [0.1, 0.15) is 11.1 Å². The Labute approximate surface area is 150 Å². The number of hydrogen-bond donors (Lipinski definition) is 1. The van der Waals surface area contributed by atoms with Gasteiger partial charge in [-0.2, -0.15) is 5.26 Å². The third-order valence-electron chi connectivity index (χ3n) is 3.22. The fourth-order valence-corrected chi connectivity index (χ4v) is 2.26. The first kappa shape index (κ1) is 18.4. The van der Waals surface area contributed by atoms with Crippen molar-refractivity contribution < 1.29 is 19.4 Å². The zero-order chi connectivity index (χ0) is 18.2. The second-order valence-corrected chi connectivity index (χ2v) is 5.61. The predicted molar refractivity (Wildman–Crippen MR) is 94.8 cm³/mol. The maximum atomic E-state index is 11.0. The number of nitriles is 1. The van der Waals surface area contributed by atoms with Crippen LogP contribution in [-0.2, 0) is 4.79 Å². The summed E-state index contributed by atoms with van der Waals surface area (Å²) in [5.41, 5.74) is 1.12. The monoisotopic (exact) mass is 357 g/mol.